The van der Waals surface area contributed by atoms with E-state index in [2.05, 4.69) is 37.3 Å². The Labute approximate surface area is 109 Å². The highest BCUT2D eigenvalue weighted by Crippen LogP contribution is 2.21. The predicted molar refractivity (Wildman–Crippen MR) is 74.2 cm³/mol. The van der Waals surface area contributed by atoms with Crippen LogP contribution in [0.4, 0.5) is 11.6 Å². The SMILES string of the molecule is CCCCNc1nn(CCC(C)C)c(N)c1C#N. The Balaban J connectivity index is 2.78. The van der Waals surface area contributed by atoms with Gasteiger partial charge in [-0.15, -0.1) is 0 Å². The highest BCUT2D eigenvalue weighted by atomic mass is 15.3. The van der Waals surface area contributed by atoms with E-state index in [-0.39, 0.29) is 0 Å². The van der Waals surface area contributed by atoms with Crippen molar-refractivity contribution < 1.29 is 0 Å². The monoisotopic (exact) mass is 249 g/mol. The van der Waals surface area contributed by atoms with E-state index in [1.807, 2.05) is 0 Å². The zero-order chi connectivity index (χ0) is 13.5. The van der Waals surface area contributed by atoms with Crippen LogP contribution in [-0.2, 0) is 6.54 Å². The molecule has 0 spiro atoms. The van der Waals surface area contributed by atoms with E-state index in [9.17, 15) is 0 Å². The molecule has 0 aliphatic heterocycles. The van der Waals surface area contributed by atoms with Gasteiger partial charge in [0.05, 0.1) is 0 Å². The number of aryl methyl sites for hydroxylation is 1. The van der Waals surface area contributed by atoms with Gasteiger partial charge in [-0.2, -0.15) is 10.4 Å². The molecule has 1 heterocycles. The number of unbranched alkanes of at least 4 members (excludes halogenated alkanes) is 1. The Morgan fingerprint density at radius 3 is 2.78 bits per heavy atom. The van der Waals surface area contributed by atoms with Gasteiger partial charge in [0, 0.05) is 13.1 Å². The highest BCUT2D eigenvalue weighted by Gasteiger charge is 2.14. The molecule has 0 aromatic carbocycles. The van der Waals surface area contributed by atoms with E-state index in [1.165, 1.54) is 0 Å². The van der Waals surface area contributed by atoms with Gasteiger partial charge in [-0.1, -0.05) is 27.2 Å². The summed E-state index contributed by atoms with van der Waals surface area (Å²) in [5.41, 5.74) is 6.41. The van der Waals surface area contributed by atoms with Crippen molar-refractivity contribution in [3.05, 3.63) is 5.56 Å². The van der Waals surface area contributed by atoms with Crippen molar-refractivity contribution in [2.75, 3.05) is 17.6 Å². The third kappa shape index (κ3) is 3.66. The fraction of sp³-hybridized carbons (Fsp3) is 0.692. The fourth-order valence-electron chi connectivity index (χ4n) is 1.64. The lowest BCUT2D eigenvalue weighted by atomic mass is 10.1. The van der Waals surface area contributed by atoms with E-state index < -0.39 is 0 Å². The maximum Gasteiger partial charge on any atom is 0.168 e. The smallest absolute Gasteiger partial charge is 0.168 e. The van der Waals surface area contributed by atoms with Crippen LogP contribution in [-0.4, -0.2) is 16.3 Å². The molecule has 1 aromatic rings. The molecule has 100 valence electrons. The molecular formula is C13H23N5. The van der Waals surface area contributed by atoms with Gasteiger partial charge in [-0.05, 0) is 18.8 Å². The summed E-state index contributed by atoms with van der Waals surface area (Å²) in [7, 11) is 0. The van der Waals surface area contributed by atoms with Crippen molar-refractivity contribution in [1.82, 2.24) is 9.78 Å². The third-order valence-corrected chi connectivity index (χ3v) is 2.84. The molecule has 18 heavy (non-hydrogen) atoms. The van der Waals surface area contributed by atoms with Crippen LogP contribution in [0, 0.1) is 17.2 Å². The molecular weight excluding hydrogens is 226 g/mol. The van der Waals surface area contributed by atoms with Crippen LogP contribution in [0.3, 0.4) is 0 Å². The molecule has 5 heteroatoms. The first kappa shape index (κ1) is 14.4. The molecule has 0 saturated carbocycles. The van der Waals surface area contributed by atoms with Crippen LogP contribution in [0.1, 0.15) is 45.6 Å². The first-order valence-corrected chi connectivity index (χ1v) is 6.60. The van der Waals surface area contributed by atoms with Gasteiger partial charge in [0.1, 0.15) is 17.5 Å². The number of rotatable bonds is 7. The van der Waals surface area contributed by atoms with E-state index in [0.29, 0.717) is 23.1 Å². The second-order valence-electron chi connectivity index (χ2n) is 4.91. The molecule has 1 aromatic heterocycles. The summed E-state index contributed by atoms with van der Waals surface area (Å²) in [6.07, 6.45) is 3.17. The molecule has 0 amide bonds. The minimum atomic E-state index is 0.467. The Hall–Kier alpha value is -1.70. The van der Waals surface area contributed by atoms with Crippen LogP contribution in [0.15, 0.2) is 0 Å². The van der Waals surface area contributed by atoms with E-state index >= 15 is 0 Å². The molecule has 0 fully saturated rings. The number of hydrogen-bond donors (Lipinski definition) is 2. The molecule has 0 unspecified atom stereocenters. The number of aromatic nitrogens is 2. The Bertz CT molecular complexity index is 414. The van der Waals surface area contributed by atoms with E-state index in [1.54, 1.807) is 4.68 Å². The van der Waals surface area contributed by atoms with Crippen molar-refractivity contribution in [1.29, 1.82) is 5.26 Å². The van der Waals surface area contributed by atoms with E-state index in [0.717, 1.165) is 32.4 Å². The molecule has 0 atom stereocenters. The van der Waals surface area contributed by atoms with Gasteiger partial charge in [0.25, 0.3) is 0 Å². The Kier molecular flexibility index (Phi) is 5.50. The maximum atomic E-state index is 9.12. The van der Waals surface area contributed by atoms with Crippen LogP contribution < -0.4 is 11.1 Å². The summed E-state index contributed by atoms with van der Waals surface area (Å²) in [6, 6.07) is 2.13. The van der Waals surface area contributed by atoms with Crippen LogP contribution in [0.5, 0.6) is 0 Å². The van der Waals surface area contributed by atoms with Crippen molar-refractivity contribution >= 4 is 11.6 Å². The zero-order valence-corrected chi connectivity index (χ0v) is 11.5. The lowest BCUT2D eigenvalue weighted by molar-refractivity contribution is 0.492. The van der Waals surface area contributed by atoms with Gasteiger partial charge in [-0.3, -0.25) is 0 Å². The minimum absolute atomic E-state index is 0.467. The lowest BCUT2D eigenvalue weighted by Crippen LogP contribution is -2.07. The summed E-state index contributed by atoms with van der Waals surface area (Å²) in [5.74, 6) is 1.68. The van der Waals surface area contributed by atoms with Crippen molar-refractivity contribution in [3.63, 3.8) is 0 Å². The molecule has 3 N–H and O–H groups in total. The maximum absolute atomic E-state index is 9.12. The average Bonchev–Trinajstić information content (AvgIpc) is 2.63. The minimum Gasteiger partial charge on any atom is -0.383 e. The zero-order valence-electron chi connectivity index (χ0n) is 11.5. The first-order valence-electron chi connectivity index (χ1n) is 6.60. The fourth-order valence-corrected chi connectivity index (χ4v) is 1.64. The molecule has 0 aliphatic rings. The summed E-state index contributed by atoms with van der Waals surface area (Å²) >= 11 is 0. The van der Waals surface area contributed by atoms with Gasteiger partial charge in [0.15, 0.2) is 5.82 Å². The number of nitrogens with zero attached hydrogens (tertiary/aromatic N) is 3. The quantitative estimate of drug-likeness (QED) is 0.728. The van der Waals surface area contributed by atoms with Gasteiger partial charge in [0.2, 0.25) is 0 Å². The summed E-state index contributed by atoms with van der Waals surface area (Å²) < 4.78 is 1.73. The molecule has 5 nitrogen and oxygen atoms in total. The number of nitrogens with one attached hydrogen (secondary N) is 1. The lowest BCUT2D eigenvalue weighted by Gasteiger charge is -2.06. The average molecular weight is 249 g/mol. The van der Waals surface area contributed by atoms with E-state index in [4.69, 9.17) is 11.0 Å². The summed E-state index contributed by atoms with van der Waals surface area (Å²) in [5, 5.41) is 16.7. The molecule has 0 radical (unpaired) electrons. The second-order valence-corrected chi connectivity index (χ2v) is 4.91. The van der Waals surface area contributed by atoms with Crippen LogP contribution in [0.2, 0.25) is 0 Å². The van der Waals surface area contributed by atoms with Crippen LogP contribution in [0.25, 0.3) is 0 Å². The molecule has 0 aliphatic carbocycles. The Morgan fingerprint density at radius 2 is 2.22 bits per heavy atom. The topological polar surface area (TPSA) is 79.7 Å². The summed E-state index contributed by atoms with van der Waals surface area (Å²) in [4.78, 5) is 0. The van der Waals surface area contributed by atoms with Crippen molar-refractivity contribution in [2.45, 2.75) is 46.6 Å². The Morgan fingerprint density at radius 1 is 1.50 bits per heavy atom. The molecule has 1 rings (SSSR count). The second kappa shape index (κ2) is 6.90. The largest absolute Gasteiger partial charge is 0.383 e. The standard InChI is InChI=1S/C13H23N5/c1-4-5-7-16-13-11(9-14)12(15)18(17-13)8-6-10(2)3/h10H,4-8,15H2,1-3H3,(H,16,17). The highest BCUT2D eigenvalue weighted by molar-refractivity contribution is 5.63. The normalized spacial score (nSPS) is 10.6. The predicted octanol–water partition coefficient (Wildman–Crippen LogP) is 2.60. The number of nitrogens with two attached hydrogens (primary N) is 1. The number of anilines is 2. The third-order valence-electron chi connectivity index (χ3n) is 2.84. The number of nitrogen functional groups attached to an aromatic ring is 1. The van der Waals surface area contributed by atoms with Gasteiger partial charge in [-0.25, -0.2) is 4.68 Å². The molecule has 0 saturated heterocycles. The van der Waals surface area contributed by atoms with Gasteiger partial charge < -0.3 is 11.1 Å². The molecule has 0 bridgehead atoms. The van der Waals surface area contributed by atoms with Crippen molar-refractivity contribution in [2.24, 2.45) is 5.92 Å². The summed E-state index contributed by atoms with van der Waals surface area (Å²) in [6.45, 7) is 8.03. The van der Waals surface area contributed by atoms with Crippen LogP contribution >= 0.6 is 0 Å². The number of hydrogen-bond acceptors (Lipinski definition) is 4. The number of nitriles is 1. The first-order chi connectivity index (χ1) is 8.60. The van der Waals surface area contributed by atoms with Gasteiger partial charge >= 0.3 is 0 Å². The van der Waals surface area contributed by atoms with Crippen molar-refractivity contribution in [3.8, 4) is 6.07 Å².